The van der Waals surface area contributed by atoms with Gasteiger partial charge in [-0.25, -0.2) is 0 Å². The number of nitrogens with zero attached hydrogens (tertiary/aromatic N) is 1. The number of benzene rings is 1. The normalized spacial score (nSPS) is 22.2. The van der Waals surface area contributed by atoms with Crippen molar-refractivity contribution < 1.29 is 9.72 Å². The highest BCUT2D eigenvalue weighted by Crippen LogP contribution is 2.27. The van der Waals surface area contributed by atoms with Crippen molar-refractivity contribution >= 4 is 23.2 Å². The van der Waals surface area contributed by atoms with E-state index in [1.165, 1.54) is 18.2 Å². The number of rotatable bonds is 3. The van der Waals surface area contributed by atoms with Crippen molar-refractivity contribution in [1.29, 1.82) is 0 Å². The van der Waals surface area contributed by atoms with Crippen LogP contribution >= 0.6 is 11.6 Å². The summed E-state index contributed by atoms with van der Waals surface area (Å²) in [5.41, 5.74) is 0.0315. The van der Waals surface area contributed by atoms with Crippen molar-refractivity contribution in [2.75, 3.05) is 0 Å². The largest absolute Gasteiger partial charge is 0.349 e. The Morgan fingerprint density at radius 2 is 2.21 bits per heavy atom. The minimum atomic E-state index is -0.586. The summed E-state index contributed by atoms with van der Waals surface area (Å²) >= 11 is 5.72. The first-order valence-corrected chi connectivity index (χ1v) is 6.61. The minimum Gasteiger partial charge on any atom is -0.349 e. The molecular weight excluding hydrogens is 268 g/mol. The molecule has 1 aliphatic rings. The van der Waals surface area contributed by atoms with Gasteiger partial charge in [-0.05, 0) is 30.9 Å². The summed E-state index contributed by atoms with van der Waals surface area (Å²) in [6, 6.07) is 4.26. The van der Waals surface area contributed by atoms with Gasteiger partial charge in [0.05, 0.1) is 4.92 Å². The smallest absolute Gasteiger partial charge is 0.288 e. The molecule has 102 valence electrons. The number of nitro benzene ring substituents is 1. The third-order valence-corrected chi connectivity index (χ3v) is 3.90. The van der Waals surface area contributed by atoms with Crippen LogP contribution in [0.2, 0.25) is 5.02 Å². The van der Waals surface area contributed by atoms with Crippen molar-refractivity contribution in [2.45, 2.75) is 32.2 Å². The van der Waals surface area contributed by atoms with E-state index in [-0.39, 0.29) is 28.2 Å². The van der Waals surface area contributed by atoms with Crippen LogP contribution in [0.25, 0.3) is 0 Å². The second-order valence-corrected chi connectivity index (χ2v) is 5.32. The first kappa shape index (κ1) is 13.8. The zero-order valence-electron chi connectivity index (χ0n) is 10.6. The molecule has 2 atom stereocenters. The summed E-state index contributed by atoms with van der Waals surface area (Å²) in [7, 11) is 0. The summed E-state index contributed by atoms with van der Waals surface area (Å²) in [4.78, 5) is 22.3. The molecule has 0 bridgehead atoms. The molecule has 2 unspecified atom stereocenters. The second-order valence-electron chi connectivity index (χ2n) is 4.91. The van der Waals surface area contributed by atoms with Crippen molar-refractivity contribution in [3.63, 3.8) is 0 Å². The van der Waals surface area contributed by atoms with Crippen LogP contribution in [0.3, 0.4) is 0 Å². The number of nitrogens with one attached hydrogen (secondary N) is 1. The van der Waals surface area contributed by atoms with Gasteiger partial charge in [-0.3, -0.25) is 14.9 Å². The van der Waals surface area contributed by atoms with Crippen LogP contribution in [0, 0.1) is 16.0 Å². The zero-order valence-corrected chi connectivity index (χ0v) is 11.3. The lowest BCUT2D eigenvalue weighted by atomic mass is 10.1. The molecule has 1 aromatic rings. The van der Waals surface area contributed by atoms with E-state index in [1.807, 2.05) is 0 Å². The van der Waals surface area contributed by atoms with E-state index >= 15 is 0 Å². The molecule has 6 heteroatoms. The lowest BCUT2D eigenvalue weighted by Gasteiger charge is -2.17. The SMILES string of the molecule is CC1CCCC1NC(=O)c1ccc(Cl)c([N+](=O)[O-])c1. The Hall–Kier alpha value is -1.62. The van der Waals surface area contributed by atoms with E-state index in [0.717, 1.165) is 19.3 Å². The Morgan fingerprint density at radius 3 is 2.79 bits per heavy atom. The molecule has 0 heterocycles. The van der Waals surface area contributed by atoms with Crippen LogP contribution in [-0.2, 0) is 0 Å². The van der Waals surface area contributed by atoms with E-state index < -0.39 is 4.92 Å². The Balaban J connectivity index is 2.15. The van der Waals surface area contributed by atoms with E-state index in [9.17, 15) is 14.9 Å². The number of nitro groups is 1. The number of hydrogen-bond donors (Lipinski definition) is 1. The van der Waals surface area contributed by atoms with E-state index in [1.54, 1.807) is 0 Å². The van der Waals surface area contributed by atoms with Crippen LogP contribution < -0.4 is 5.32 Å². The quantitative estimate of drug-likeness (QED) is 0.683. The van der Waals surface area contributed by atoms with Crippen LogP contribution in [0.5, 0.6) is 0 Å². The van der Waals surface area contributed by atoms with Gasteiger partial charge in [-0.15, -0.1) is 0 Å². The van der Waals surface area contributed by atoms with Crippen LogP contribution in [-0.4, -0.2) is 16.9 Å². The summed E-state index contributed by atoms with van der Waals surface area (Å²) in [6.45, 7) is 2.10. The molecule has 19 heavy (non-hydrogen) atoms. The fourth-order valence-electron chi connectivity index (χ4n) is 2.41. The molecule has 1 aliphatic carbocycles. The Morgan fingerprint density at radius 1 is 1.47 bits per heavy atom. The lowest BCUT2D eigenvalue weighted by Crippen LogP contribution is -2.36. The van der Waals surface area contributed by atoms with Crippen LogP contribution in [0.1, 0.15) is 36.5 Å². The maximum absolute atomic E-state index is 12.1. The molecule has 1 amide bonds. The van der Waals surface area contributed by atoms with Gasteiger partial charge in [0.25, 0.3) is 11.6 Å². The lowest BCUT2D eigenvalue weighted by molar-refractivity contribution is -0.384. The third-order valence-electron chi connectivity index (χ3n) is 3.58. The maximum atomic E-state index is 12.1. The van der Waals surface area contributed by atoms with Gasteiger partial charge >= 0.3 is 0 Å². The second kappa shape index (κ2) is 5.57. The van der Waals surface area contributed by atoms with Gasteiger partial charge < -0.3 is 5.32 Å². The third kappa shape index (κ3) is 3.04. The first-order chi connectivity index (χ1) is 8.99. The number of halogens is 1. The first-order valence-electron chi connectivity index (χ1n) is 6.24. The fraction of sp³-hybridized carbons (Fsp3) is 0.462. The minimum absolute atomic E-state index is 0.0378. The van der Waals surface area contributed by atoms with Crippen molar-refractivity contribution in [1.82, 2.24) is 5.32 Å². The summed E-state index contributed by atoms with van der Waals surface area (Å²) in [5, 5.41) is 13.7. The molecule has 5 nitrogen and oxygen atoms in total. The predicted molar refractivity (Wildman–Crippen MR) is 72.4 cm³/mol. The highest BCUT2D eigenvalue weighted by Gasteiger charge is 2.25. The molecule has 1 fully saturated rings. The Labute approximate surface area is 116 Å². The molecule has 2 rings (SSSR count). The van der Waals surface area contributed by atoms with Gasteiger partial charge in [0.15, 0.2) is 0 Å². The monoisotopic (exact) mass is 282 g/mol. The highest BCUT2D eigenvalue weighted by atomic mass is 35.5. The molecule has 1 aromatic carbocycles. The van der Waals surface area contributed by atoms with E-state index in [4.69, 9.17) is 11.6 Å². The van der Waals surface area contributed by atoms with Gasteiger partial charge in [0.1, 0.15) is 5.02 Å². The summed E-state index contributed by atoms with van der Waals surface area (Å²) < 4.78 is 0. The molecule has 0 aromatic heterocycles. The number of carbonyl (C=O) groups excluding carboxylic acids is 1. The van der Waals surface area contributed by atoms with Gasteiger partial charge in [0, 0.05) is 17.7 Å². The molecule has 0 spiro atoms. The van der Waals surface area contributed by atoms with Crippen molar-refractivity contribution in [3.8, 4) is 0 Å². The summed E-state index contributed by atoms with van der Waals surface area (Å²) in [6.07, 6.45) is 3.17. The molecule has 1 saturated carbocycles. The van der Waals surface area contributed by atoms with Crippen molar-refractivity contribution in [3.05, 3.63) is 38.9 Å². The molecule has 0 saturated heterocycles. The zero-order chi connectivity index (χ0) is 14.0. The molecular formula is C13H15ClN2O3. The number of carbonyl (C=O) groups is 1. The van der Waals surface area contributed by atoms with Crippen LogP contribution in [0.4, 0.5) is 5.69 Å². The fourth-order valence-corrected chi connectivity index (χ4v) is 2.59. The summed E-state index contributed by atoms with van der Waals surface area (Å²) in [5.74, 6) is 0.171. The average Bonchev–Trinajstić information content (AvgIpc) is 2.75. The van der Waals surface area contributed by atoms with Gasteiger partial charge in [-0.2, -0.15) is 0 Å². The van der Waals surface area contributed by atoms with Gasteiger partial charge in [-0.1, -0.05) is 24.9 Å². The predicted octanol–water partition coefficient (Wildman–Crippen LogP) is 3.17. The molecule has 1 N–H and O–H groups in total. The highest BCUT2D eigenvalue weighted by molar-refractivity contribution is 6.32. The molecule has 0 aliphatic heterocycles. The van der Waals surface area contributed by atoms with Gasteiger partial charge in [0.2, 0.25) is 0 Å². The Kier molecular flexibility index (Phi) is 4.04. The number of hydrogen-bond acceptors (Lipinski definition) is 3. The van der Waals surface area contributed by atoms with Crippen LogP contribution in [0.15, 0.2) is 18.2 Å². The molecule has 0 radical (unpaired) electrons. The standard InChI is InChI=1S/C13H15ClN2O3/c1-8-3-2-4-11(8)15-13(17)9-5-6-10(14)12(7-9)16(18)19/h5-8,11H,2-4H2,1H3,(H,15,17). The van der Waals surface area contributed by atoms with E-state index in [2.05, 4.69) is 12.2 Å². The van der Waals surface area contributed by atoms with Crippen molar-refractivity contribution in [2.24, 2.45) is 5.92 Å². The maximum Gasteiger partial charge on any atom is 0.288 e. The van der Waals surface area contributed by atoms with E-state index in [0.29, 0.717) is 5.92 Å². The average molecular weight is 283 g/mol. The number of amides is 1. The topological polar surface area (TPSA) is 72.2 Å². The Bertz CT molecular complexity index is 519.